The van der Waals surface area contributed by atoms with E-state index in [0.29, 0.717) is 5.69 Å². The van der Waals surface area contributed by atoms with E-state index in [0.717, 1.165) is 5.56 Å². The van der Waals surface area contributed by atoms with Gasteiger partial charge in [0.25, 0.3) is 0 Å². The second-order valence-electron chi connectivity index (χ2n) is 4.18. The van der Waals surface area contributed by atoms with Gasteiger partial charge in [-0.25, -0.2) is 0 Å². The Balaban J connectivity index is 2.31. The van der Waals surface area contributed by atoms with E-state index in [1.54, 1.807) is 6.20 Å². The summed E-state index contributed by atoms with van der Waals surface area (Å²) in [5, 5.41) is 1.22. The van der Waals surface area contributed by atoms with Crippen molar-refractivity contribution in [3.8, 4) is 11.1 Å². The lowest BCUT2D eigenvalue weighted by Gasteiger charge is -1.99. The van der Waals surface area contributed by atoms with Gasteiger partial charge in [-0.2, -0.15) is 0 Å². The molecule has 3 nitrogen and oxygen atoms in total. The third-order valence-electron chi connectivity index (χ3n) is 2.97. The van der Waals surface area contributed by atoms with Crippen molar-refractivity contribution in [2.24, 2.45) is 7.05 Å². The van der Waals surface area contributed by atoms with Crippen molar-refractivity contribution in [3.05, 3.63) is 48.9 Å². The topological polar surface area (TPSA) is 43.8 Å². The minimum atomic E-state index is 0.690. The molecular weight excluding hydrogens is 210 g/mol. The van der Waals surface area contributed by atoms with Crippen LogP contribution in [0, 0.1) is 0 Å². The predicted octanol–water partition coefficient (Wildman–Crippen LogP) is 2.82. The zero-order valence-corrected chi connectivity index (χ0v) is 9.59. The summed E-state index contributed by atoms with van der Waals surface area (Å²) in [5.41, 5.74) is 9.91. The summed E-state index contributed by atoms with van der Waals surface area (Å²) in [6, 6.07) is 10.3. The monoisotopic (exact) mass is 223 g/mol. The van der Waals surface area contributed by atoms with E-state index in [-0.39, 0.29) is 0 Å². The third kappa shape index (κ3) is 1.56. The van der Waals surface area contributed by atoms with Gasteiger partial charge in [0.05, 0.1) is 5.69 Å². The summed E-state index contributed by atoms with van der Waals surface area (Å²) in [6.07, 6.45) is 5.62. The average molecular weight is 223 g/mol. The Morgan fingerprint density at radius 1 is 1.18 bits per heavy atom. The van der Waals surface area contributed by atoms with Gasteiger partial charge in [-0.3, -0.25) is 4.98 Å². The van der Waals surface area contributed by atoms with Crippen LogP contribution in [0.2, 0.25) is 0 Å². The summed E-state index contributed by atoms with van der Waals surface area (Å²) in [7, 11) is 2.05. The van der Waals surface area contributed by atoms with Gasteiger partial charge < -0.3 is 10.3 Å². The van der Waals surface area contributed by atoms with Crippen molar-refractivity contribution in [3.63, 3.8) is 0 Å². The molecule has 0 radical (unpaired) electrons. The van der Waals surface area contributed by atoms with Crippen LogP contribution in [-0.2, 0) is 7.05 Å². The maximum Gasteiger partial charge on any atom is 0.0506 e. The maximum absolute atomic E-state index is 5.78. The number of fused-ring (bicyclic) bond motifs is 1. The molecule has 0 unspecified atom stereocenters. The van der Waals surface area contributed by atoms with Crippen LogP contribution in [0.25, 0.3) is 22.0 Å². The van der Waals surface area contributed by atoms with Crippen molar-refractivity contribution < 1.29 is 0 Å². The smallest absolute Gasteiger partial charge is 0.0506 e. The number of nitrogens with two attached hydrogens (primary N) is 1. The standard InChI is InChI=1S/C14H13N3/c1-17-9-13(10-6-11(15)8-16-7-10)12-4-2-3-5-14(12)17/h2-9H,15H2,1H3. The van der Waals surface area contributed by atoms with Crippen LogP contribution < -0.4 is 5.73 Å². The number of rotatable bonds is 1. The second kappa shape index (κ2) is 3.63. The predicted molar refractivity (Wildman–Crippen MR) is 70.6 cm³/mol. The molecule has 0 saturated heterocycles. The van der Waals surface area contributed by atoms with Crippen molar-refractivity contribution in [2.75, 3.05) is 5.73 Å². The SMILES string of the molecule is Cn1cc(-c2cncc(N)c2)c2ccccc21. The number of anilines is 1. The fourth-order valence-corrected chi connectivity index (χ4v) is 2.18. The number of aryl methyl sites for hydroxylation is 1. The van der Waals surface area contributed by atoms with Crippen LogP contribution in [0.4, 0.5) is 5.69 Å². The first kappa shape index (κ1) is 9.90. The van der Waals surface area contributed by atoms with Crippen molar-refractivity contribution in [1.82, 2.24) is 9.55 Å². The van der Waals surface area contributed by atoms with Crippen LogP contribution in [0.5, 0.6) is 0 Å². The van der Waals surface area contributed by atoms with Crippen LogP contribution in [0.3, 0.4) is 0 Å². The van der Waals surface area contributed by atoms with Gasteiger partial charge in [0, 0.05) is 47.7 Å². The summed E-state index contributed by atoms with van der Waals surface area (Å²) in [6.45, 7) is 0. The fourth-order valence-electron chi connectivity index (χ4n) is 2.18. The molecule has 1 aromatic carbocycles. The Bertz CT molecular complexity index is 683. The van der Waals surface area contributed by atoms with Gasteiger partial charge >= 0.3 is 0 Å². The van der Waals surface area contributed by atoms with Crippen molar-refractivity contribution >= 4 is 16.6 Å². The number of hydrogen-bond acceptors (Lipinski definition) is 2. The lowest BCUT2D eigenvalue weighted by atomic mass is 10.1. The van der Waals surface area contributed by atoms with Crippen LogP contribution in [-0.4, -0.2) is 9.55 Å². The van der Waals surface area contributed by atoms with Gasteiger partial charge in [0.2, 0.25) is 0 Å². The molecule has 0 bridgehead atoms. The van der Waals surface area contributed by atoms with Crippen molar-refractivity contribution in [1.29, 1.82) is 0 Å². The van der Waals surface area contributed by atoms with Crippen molar-refractivity contribution in [2.45, 2.75) is 0 Å². The highest BCUT2D eigenvalue weighted by Crippen LogP contribution is 2.30. The minimum Gasteiger partial charge on any atom is -0.397 e. The number of pyridine rings is 1. The average Bonchev–Trinajstić information content (AvgIpc) is 2.68. The third-order valence-corrected chi connectivity index (χ3v) is 2.97. The molecule has 2 aromatic heterocycles. The molecule has 3 heteroatoms. The van der Waals surface area contributed by atoms with E-state index >= 15 is 0 Å². The molecule has 0 aliphatic rings. The van der Waals surface area contributed by atoms with Gasteiger partial charge in [-0.05, 0) is 12.1 Å². The molecule has 3 rings (SSSR count). The maximum atomic E-state index is 5.78. The number of nitrogens with zero attached hydrogens (tertiary/aromatic N) is 2. The highest BCUT2D eigenvalue weighted by atomic mass is 14.9. The molecule has 2 heterocycles. The van der Waals surface area contributed by atoms with E-state index in [1.807, 2.05) is 31.4 Å². The Hall–Kier alpha value is -2.29. The van der Waals surface area contributed by atoms with Gasteiger partial charge in [0.1, 0.15) is 0 Å². The number of para-hydroxylation sites is 1. The van der Waals surface area contributed by atoms with Gasteiger partial charge in [-0.1, -0.05) is 18.2 Å². The van der Waals surface area contributed by atoms with E-state index < -0.39 is 0 Å². The Kier molecular flexibility index (Phi) is 2.11. The van der Waals surface area contributed by atoms with E-state index in [1.165, 1.54) is 16.5 Å². The first-order chi connectivity index (χ1) is 8.25. The number of aromatic nitrogens is 2. The Morgan fingerprint density at radius 3 is 2.82 bits per heavy atom. The van der Waals surface area contributed by atoms with Crippen LogP contribution in [0.15, 0.2) is 48.9 Å². The largest absolute Gasteiger partial charge is 0.397 e. The van der Waals surface area contributed by atoms with E-state index in [9.17, 15) is 0 Å². The van der Waals surface area contributed by atoms with E-state index in [4.69, 9.17) is 5.73 Å². The molecule has 3 aromatic rings. The number of nitrogen functional groups attached to an aromatic ring is 1. The lowest BCUT2D eigenvalue weighted by molar-refractivity contribution is 0.970. The molecule has 0 amide bonds. The molecule has 0 aliphatic heterocycles. The minimum absolute atomic E-state index is 0.690. The molecule has 0 saturated carbocycles. The molecule has 0 spiro atoms. The quantitative estimate of drug-likeness (QED) is 0.689. The first-order valence-corrected chi connectivity index (χ1v) is 5.50. The molecule has 0 atom stereocenters. The molecule has 84 valence electrons. The lowest BCUT2D eigenvalue weighted by Crippen LogP contribution is -1.87. The molecule has 17 heavy (non-hydrogen) atoms. The number of benzene rings is 1. The normalized spacial score (nSPS) is 10.9. The Labute approximate surface area is 99.5 Å². The summed E-state index contributed by atoms with van der Waals surface area (Å²) < 4.78 is 2.12. The molecule has 0 aliphatic carbocycles. The zero-order chi connectivity index (χ0) is 11.8. The Morgan fingerprint density at radius 2 is 2.00 bits per heavy atom. The summed E-state index contributed by atoms with van der Waals surface area (Å²) in [5.74, 6) is 0. The molecule has 2 N–H and O–H groups in total. The molecule has 0 fully saturated rings. The molecular formula is C14H13N3. The first-order valence-electron chi connectivity index (χ1n) is 5.50. The summed E-state index contributed by atoms with van der Waals surface area (Å²) >= 11 is 0. The van der Waals surface area contributed by atoms with Crippen LogP contribution in [0.1, 0.15) is 0 Å². The fraction of sp³-hybridized carbons (Fsp3) is 0.0714. The van der Waals surface area contributed by atoms with E-state index in [2.05, 4.69) is 27.9 Å². The highest BCUT2D eigenvalue weighted by Gasteiger charge is 2.08. The summed E-state index contributed by atoms with van der Waals surface area (Å²) in [4.78, 5) is 4.14. The number of hydrogen-bond donors (Lipinski definition) is 1. The second-order valence-corrected chi connectivity index (χ2v) is 4.18. The van der Waals surface area contributed by atoms with Gasteiger partial charge in [-0.15, -0.1) is 0 Å². The highest BCUT2D eigenvalue weighted by molar-refractivity contribution is 5.96. The van der Waals surface area contributed by atoms with Gasteiger partial charge in [0.15, 0.2) is 0 Å². The zero-order valence-electron chi connectivity index (χ0n) is 9.59. The van der Waals surface area contributed by atoms with Crippen LogP contribution >= 0.6 is 0 Å².